The number of ether oxygens (including phenoxy) is 1. The van der Waals surface area contributed by atoms with Gasteiger partial charge in [-0.2, -0.15) is 11.8 Å². The highest BCUT2D eigenvalue weighted by molar-refractivity contribution is 8.00. The first-order valence-electron chi connectivity index (χ1n) is 9.65. The van der Waals surface area contributed by atoms with Gasteiger partial charge in [-0.25, -0.2) is 0 Å². The number of hydrogen-bond acceptors (Lipinski definition) is 4. The minimum atomic E-state index is 0.262. The van der Waals surface area contributed by atoms with Crippen LogP contribution in [-0.4, -0.2) is 62.9 Å². The zero-order valence-corrected chi connectivity index (χ0v) is 16.9. The number of piperidine rings is 1. The molecule has 3 rings (SSSR count). The number of anilines is 1. The number of rotatable bonds is 5. The first kappa shape index (κ1) is 19.4. The summed E-state index contributed by atoms with van der Waals surface area (Å²) in [5, 5.41) is 7.22. The van der Waals surface area contributed by atoms with Crippen molar-refractivity contribution >= 4 is 23.4 Å². The Morgan fingerprint density at radius 1 is 1.31 bits per heavy atom. The molecule has 6 heteroatoms. The van der Waals surface area contributed by atoms with Crippen LogP contribution < -0.4 is 15.5 Å². The van der Waals surface area contributed by atoms with Crippen molar-refractivity contribution in [3.63, 3.8) is 0 Å². The van der Waals surface area contributed by atoms with Crippen molar-refractivity contribution in [1.29, 1.82) is 0 Å². The molecule has 2 aliphatic rings. The molecule has 1 atom stereocenters. The zero-order chi connectivity index (χ0) is 18.2. The Bertz CT molecular complexity index is 574. The Labute approximate surface area is 162 Å². The topological polar surface area (TPSA) is 48.9 Å². The van der Waals surface area contributed by atoms with Gasteiger partial charge in [-0.1, -0.05) is 18.2 Å². The molecule has 2 saturated heterocycles. The van der Waals surface area contributed by atoms with Crippen LogP contribution in [-0.2, 0) is 4.74 Å². The molecule has 1 aromatic rings. The Morgan fingerprint density at radius 3 is 2.77 bits per heavy atom. The predicted molar refractivity (Wildman–Crippen MR) is 112 cm³/mol. The number of para-hydroxylation sites is 1. The van der Waals surface area contributed by atoms with E-state index >= 15 is 0 Å². The van der Waals surface area contributed by atoms with Crippen LogP contribution in [0.4, 0.5) is 5.69 Å². The summed E-state index contributed by atoms with van der Waals surface area (Å²) in [7, 11) is 1.86. The van der Waals surface area contributed by atoms with E-state index in [2.05, 4.69) is 57.1 Å². The van der Waals surface area contributed by atoms with E-state index in [-0.39, 0.29) is 4.75 Å². The van der Waals surface area contributed by atoms with Crippen LogP contribution in [0.15, 0.2) is 35.3 Å². The van der Waals surface area contributed by atoms with Gasteiger partial charge in [-0.05, 0) is 44.1 Å². The second-order valence-corrected chi connectivity index (χ2v) is 8.46. The number of nitrogens with zero attached hydrogens (tertiary/aromatic N) is 2. The smallest absolute Gasteiger partial charge is 0.191 e. The summed E-state index contributed by atoms with van der Waals surface area (Å²) in [5.74, 6) is 0.921. The third-order valence-electron chi connectivity index (χ3n) is 5.52. The van der Waals surface area contributed by atoms with E-state index in [4.69, 9.17) is 4.74 Å². The van der Waals surface area contributed by atoms with Gasteiger partial charge >= 0.3 is 0 Å². The maximum atomic E-state index is 5.54. The maximum absolute atomic E-state index is 5.54. The van der Waals surface area contributed by atoms with Crippen LogP contribution in [0, 0.1) is 0 Å². The van der Waals surface area contributed by atoms with Gasteiger partial charge in [0.1, 0.15) is 0 Å². The molecule has 0 amide bonds. The van der Waals surface area contributed by atoms with Crippen LogP contribution in [0.2, 0.25) is 0 Å². The fourth-order valence-electron chi connectivity index (χ4n) is 3.80. The highest BCUT2D eigenvalue weighted by atomic mass is 32.2. The molecule has 0 saturated carbocycles. The molecule has 1 unspecified atom stereocenters. The van der Waals surface area contributed by atoms with E-state index < -0.39 is 0 Å². The van der Waals surface area contributed by atoms with Crippen LogP contribution >= 0.6 is 11.8 Å². The zero-order valence-electron chi connectivity index (χ0n) is 16.0. The summed E-state index contributed by atoms with van der Waals surface area (Å²) in [5.41, 5.74) is 1.31. The predicted octanol–water partition coefficient (Wildman–Crippen LogP) is 2.73. The second-order valence-electron chi connectivity index (χ2n) is 7.19. The Morgan fingerprint density at radius 2 is 2.08 bits per heavy atom. The quantitative estimate of drug-likeness (QED) is 0.611. The van der Waals surface area contributed by atoms with E-state index in [0.29, 0.717) is 6.04 Å². The highest BCUT2D eigenvalue weighted by Crippen LogP contribution is 2.33. The third-order valence-corrected chi connectivity index (χ3v) is 6.94. The molecule has 0 bridgehead atoms. The van der Waals surface area contributed by atoms with E-state index in [1.165, 1.54) is 18.5 Å². The van der Waals surface area contributed by atoms with Crippen LogP contribution in [0.3, 0.4) is 0 Å². The van der Waals surface area contributed by atoms with Gasteiger partial charge in [0.15, 0.2) is 5.96 Å². The van der Waals surface area contributed by atoms with Crippen molar-refractivity contribution < 1.29 is 4.74 Å². The number of guanidine groups is 1. The Balaban J connectivity index is 1.53. The molecule has 2 N–H and O–H groups in total. The van der Waals surface area contributed by atoms with Crippen LogP contribution in [0.5, 0.6) is 0 Å². The van der Waals surface area contributed by atoms with Gasteiger partial charge in [0.25, 0.3) is 0 Å². The van der Waals surface area contributed by atoms with Gasteiger partial charge in [0.2, 0.25) is 0 Å². The van der Waals surface area contributed by atoms with Crippen molar-refractivity contribution in [2.24, 2.45) is 4.99 Å². The summed E-state index contributed by atoms with van der Waals surface area (Å²) in [6.45, 7) is 4.81. The van der Waals surface area contributed by atoms with Gasteiger partial charge in [-0.15, -0.1) is 0 Å². The van der Waals surface area contributed by atoms with Crippen molar-refractivity contribution in [2.45, 2.75) is 36.5 Å². The van der Waals surface area contributed by atoms with E-state index in [1.807, 2.05) is 18.8 Å². The average Bonchev–Trinajstić information content (AvgIpc) is 2.72. The van der Waals surface area contributed by atoms with Crippen molar-refractivity contribution in [3.8, 4) is 0 Å². The fraction of sp³-hybridized carbons (Fsp3) is 0.650. The standard InChI is InChI=1S/C20H32N4OS/c1-21-19(22-16-20(26-2)10-13-25-14-11-20)23-17-7-6-12-24(15-17)18-8-4-3-5-9-18/h3-5,8-9,17H,6-7,10-16H2,1-2H3,(H2,21,22,23). The third kappa shape index (κ3) is 5.07. The number of nitrogens with one attached hydrogen (secondary N) is 2. The summed E-state index contributed by atoms with van der Waals surface area (Å²) in [4.78, 5) is 6.93. The van der Waals surface area contributed by atoms with Gasteiger partial charge in [0, 0.05) is 56.4 Å². The molecule has 0 aromatic heterocycles. The van der Waals surface area contributed by atoms with E-state index in [0.717, 1.165) is 51.6 Å². The largest absolute Gasteiger partial charge is 0.381 e. The normalized spacial score (nSPS) is 23.5. The molecule has 2 fully saturated rings. The Kier molecular flexibility index (Phi) is 7.08. The summed E-state index contributed by atoms with van der Waals surface area (Å²) < 4.78 is 5.80. The minimum absolute atomic E-state index is 0.262. The second kappa shape index (κ2) is 9.51. The molecule has 0 radical (unpaired) electrons. The monoisotopic (exact) mass is 376 g/mol. The lowest BCUT2D eigenvalue weighted by atomic mass is 9.99. The van der Waals surface area contributed by atoms with Gasteiger partial charge in [0.05, 0.1) is 0 Å². The van der Waals surface area contributed by atoms with E-state index in [1.54, 1.807) is 0 Å². The molecule has 2 aliphatic heterocycles. The molecular formula is C20H32N4OS. The summed E-state index contributed by atoms with van der Waals surface area (Å²) >= 11 is 1.96. The van der Waals surface area contributed by atoms with Crippen molar-refractivity contribution in [1.82, 2.24) is 10.6 Å². The van der Waals surface area contributed by atoms with Gasteiger partial charge in [-0.3, -0.25) is 4.99 Å². The van der Waals surface area contributed by atoms with Crippen LogP contribution in [0.1, 0.15) is 25.7 Å². The molecule has 26 heavy (non-hydrogen) atoms. The summed E-state index contributed by atoms with van der Waals surface area (Å²) in [6.07, 6.45) is 6.80. The van der Waals surface area contributed by atoms with Gasteiger partial charge < -0.3 is 20.3 Å². The number of thioether (sulfide) groups is 1. The minimum Gasteiger partial charge on any atom is -0.381 e. The molecule has 0 spiro atoms. The Hall–Kier alpha value is -1.40. The first-order valence-corrected chi connectivity index (χ1v) is 10.9. The molecule has 5 nitrogen and oxygen atoms in total. The number of aliphatic imine (C=N–C) groups is 1. The lowest BCUT2D eigenvalue weighted by Crippen LogP contribution is -2.53. The maximum Gasteiger partial charge on any atom is 0.191 e. The average molecular weight is 377 g/mol. The van der Waals surface area contributed by atoms with Crippen molar-refractivity contribution in [2.75, 3.05) is 51.1 Å². The highest BCUT2D eigenvalue weighted by Gasteiger charge is 2.32. The molecule has 1 aromatic carbocycles. The fourth-order valence-corrected chi connectivity index (χ4v) is 4.59. The van der Waals surface area contributed by atoms with E-state index in [9.17, 15) is 0 Å². The molecular weight excluding hydrogens is 344 g/mol. The SMILES string of the molecule is CN=C(NCC1(SC)CCOCC1)NC1CCCN(c2ccccc2)C1. The first-order chi connectivity index (χ1) is 12.7. The van der Waals surface area contributed by atoms with Crippen LogP contribution in [0.25, 0.3) is 0 Å². The lowest BCUT2D eigenvalue weighted by molar-refractivity contribution is 0.0782. The molecule has 2 heterocycles. The summed E-state index contributed by atoms with van der Waals surface area (Å²) in [6, 6.07) is 11.1. The number of benzene rings is 1. The van der Waals surface area contributed by atoms with Crippen molar-refractivity contribution in [3.05, 3.63) is 30.3 Å². The molecule has 0 aliphatic carbocycles. The molecule has 144 valence electrons. The lowest BCUT2D eigenvalue weighted by Gasteiger charge is -2.38. The number of hydrogen-bond donors (Lipinski definition) is 2.